The van der Waals surface area contributed by atoms with Gasteiger partial charge in [-0.25, -0.2) is 0 Å². The zero-order valence-corrected chi connectivity index (χ0v) is 10.3. The molecule has 0 fully saturated rings. The van der Waals surface area contributed by atoms with E-state index in [1.807, 2.05) is 24.3 Å². The number of primary amides is 1. The summed E-state index contributed by atoms with van der Waals surface area (Å²) in [4.78, 5) is 11.1. The van der Waals surface area contributed by atoms with Gasteiger partial charge in [0.25, 0.3) is 0 Å². The van der Waals surface area contributed by atoms with Crippen molar-refractivity contribution in [2.75, 3.05) is 0 Å². The Labute approximate surface area is 107 Å². The summed E-state index contributed by atoms with van der Waals surface area (Å²) in [5.41, 5.74) is 13.5. The lowest BCUT2D eigenvalue weighted by molar-refractivity contribution is 0.1000. The lowest BCUT2D eigenvalue weighted by atomic mass is 9.92. The minimum Gasteiger partial charge on any atom is -0.399 e. The van der Waals surface area contributed by atoms with Crippen LogP contribution in [0.1, 0.15) is 28.8 Å². The predicted octanol–water partition coefficient (Wildman–Crippen LogP) is 2.14. The average molecular weight is 242 g/mol. The minimum absolute atomic E-state index is 0.370. The Morgan fingerprint density at radius 2 is 2.22 bits per heavy atom. The Morgan fingerprint density at radius 3 is 2.89 bits per heavy atom. The third-order valence-corrected chi connectivity index (χ3v) is 3.23. The van der Waals surface area contributed by atoms with Gasteiger partial charge in [-0.1, -0.05) is 24.3 Å². The van der Waals surface area contributed by atoms with Crippen molar-refractivity contribution in [2.24, 2.45) is 17.4 Å². The number of benzene rings is 1. The summed E-state index contributed by atoms with van der Waals surface area (Å²) in [5, 5.41) is 0. The summed E-state index contributed by atoms with van der Waals surface area (Å²) in [6.45, 7) is 0. The molecule has 0 saturated heterocycles. The topological polar surface area (TPSA) is 69.1 Å². The van der Waals surface area contributed by atoms with Crippen molar-refractivity contribution >= 4 is 5.91 Å². The zero-order valence-electron chi connectivity index (χ0n) is 10.3. The van der Waals surface area contributed by atoms with Gasteiger partial charge in [0.2, 0.25) is 5.91 Å². The maximum absolute atomic E-state index is 11.1. The average Bonchev–Trinajstić information content (AvgIpc) is 2.38. The number of carbonyl (C=O) groups is 1. The highest BCUT2D eigenvalue weighted by Gasteiger charge is 2.08. The molecule has 1 aromatic rings. The van der Waals surface area contributed by atoms with Crippen molar-refractivity contribution in [1.82, 2.24) is 0 Å². The number of rotatable bonds is 4. The molecule has 2 rings (SSSR count). The highest BCUT2D eigenvalue weighted by molar-refractivity contribution is 5.92. The number of carbonyl (C=O) groups excluding carboxylic acids is 1. The first-order valence-corrected chi connectivity index (χ1v) is 6.18. The van der Waals surface area contributed by atoms with Crippen LogP contribution in [0.15, 0.2) is 48.2 Å². The molecule has 3 nitrogen and oxygen atoms in total. The first-order chi connectivity index (χ1) is 8.65. The molecule has 1 unspecified atom stereocenters. The second-order valence-electron chi connectivity index (χ2n) is 4.66. The number of allylic oxidation sites excluding steroid dienone is 3. The molecule has 18 heavy (non-hydrogen) atoms. The number of aryl methyl sites for hydroxylation is 1. The molecule has 3 heteroatoms. The van der Waals surface area contributed by atoms with E-state index in [1.165, 1.54) is 0 Å². The molecular formula is C15H18N2O. The highest BCUT2D eigenvalue weighted by atomic mass is 16.1. The molecule has 0 saturated carbocycles. The van der Waals surface area contributed by atoms with Gasteiger partial charge in [0.15, 0.2) is 0 Å². The van der Waals surface area contributed by atoms with Crippen LogP contribution in [0.4, 0.5) is 0 Å². The van der Waals surface area contributed by atoms with Gasteiger partial charge in [-0.05, 0) is 49.0 Å². The van der Waals surface area contributed by atoms with Crippen LogP contribution in [-0.2, 0) is 6.42 Å². The van der Waals surface area contributed by atoms with Crippen molar-refractivity contribution in [2.45, 2.75) is 19.3 Å². The van der Waals surface area contributed by atoms with Crippen molar-refractivity contribution in [3.05, 3.63) is 59.3 Å². The van der Waals surface area contributed by atoms with Crippen LogP contribution in [0.5, 0.6) is 0 Å². The fourth-order valence-electron chi connectivity index (χ4n) is 2.13. The van der Waals surface area contributed by atoms with Crippen LogP contribution >= 0.6 is 0 Å². The van der Waals surface area contributed by atoms with Crippen molar-refractivity contribution in [3.63, 3.8) is 0 Å². The van der Waals surface area contributed by atoms with Gasteiger partial charge >= 0.3 is 0 Å². The van der Waals surface area contributed by atoms with Gasteiger partial charge in [-0.2, -0.15) is 0 Å². The maximum atomic E-state index is 11.1. The highest BCUT2D eigenvalue weighted by Crippen LogP contribution is 2.20. The van der Waals surface area contributed by atoms with Crippen molar-refractivity contribution in [3.8, 4) is 0 Å². The third-order valence-electron chi connectivity index (χ3n) is 3.23. The van der Waals surface area contributed by atoms with Crippen LogP contribution in [0.3, 0.4) is 0 Å². The lowest BCUT2D eigenvalue weighted by Crippen LogP contribution is -2.11. The number of nitrogens with two attached hydrogens (primary N) is 2. The Hall–Kier alpha value is -2.03. The molecule has 0 aromatic heterocycles. The molecule has 0 aliphatic heterocycles. The Balaban J connectivity index is 1.93. The van der Waals surface area contributed by atoms with E-state index >= 15 is 0 Å². The Bertz CT molecular complexity index is 503. The third kappa shape index (κ3) is 3.23. The van der Waals surface area contributed by atoms with E-state index in [0.29, 0.717) is 11.5 Å². The zero-order chi connectivity index (χ0) is 13.0. The van der Waals surface area contributed by atoms with E-state index in [0.717, 1.165) is 30.5 Å². The standard InChI is InChI=1S/C15H18N2O/c16-14-8-6-11(7-9-14)4-5-12-2-1-3-13(10-12)15(17)18/h1-3,6,8-11H,4-5,7,16H2,(H2,17,18). The number of amides is 1. The molecule has 1 amide bonds. The predicted molar refractivity (Wildman–Crippen MR) is 72.8 cm³/mol. The smallest absolute Gasteiger partial charge is 0.248 e. The largest absolute Gasteiger partial charge is 0.399 e. The Morgan fingerprint density at radius 1 is 1.39 bits per heavy atom. The molecule has 0 heterocycles. The van der Waals surface area contributed by atoms with E-state index in [4.69, 9.17) is 11.5 Å². The van der Waals surface area contributed by atoms with E-state index in [-0.39, 0.29) is 5.91 Å². The van der Waals surface area contributed by atoms with Gasteiger partial charge in [0.1, 0.15) is 0 Å². The maximum Gasteiger partial charge on any atom is 0.248 e. The summed E-state index contributed by atoms with van der Waals surface area (Å²) in [7, 11) is 0. The van der Waals surface area contributed by atoms with Crippen LogP contribution in [0, 0.1) is 5.92 Å². The molecule has 94 valence electrons. The monoisotopic (exact) mass is 242 g/mol. The van der Waals surface area contributed by atoms with E-state index in [2.05, 4.69) is 12.2 Å². The van der Waals surface area contributed by atoms with Crippen molar-refractivity contribution in [1.29, 1.82) is 0 Å². The Kier molecular flexibility index (Phi) is 3.82. The number of hydrogen-bond acceptors (Lipinski definition) is 2. The van der Waals surface area contributed by atoms with Gasteiger partial charge in [-0.15, -0.1) is 0 Å². The summed E-state index contributed by atoms with van der Waals surface area (Å²) in [6, 6.07) is 7.53. The summed E-state index contributed by atoms with van der Waals surface area (Å²) in [6.07, 6.45) is 9.19. The molecule has 0 bridgehead atoms. The molecule has 1 aliphatic carbocycles. The van der Waals surface area contributed by atoms with Gasteiger partial charge in [0, 0.05) is 11.3 Å². The first-order valence-electron chi connectivity index (χ1n) is 6.18. The SMILES string of the molecule is NC(=O)c1cccc(CCC2C=CC(N)=CC2)c1. The molecule has 0 radical (unpaired) electrons. The molecule has 1 aliphatic rings. The summed E-state index contributed by atoms with van der Waals surface area (Å²) < 4.78 is 0. The summed E-state index contributed by atoms with van der Waals surface area (Å²) in [5.74, 6) is 0.166. The second kappa shape index (κ2) is 5.54. The molecule has 4 N–H and O–H groups in total. The fraction of sp³-hybridized carbons (Fsp3) is 0.267. The second-order valence-corrected chi connectivity index (χ2v) is 4.66. The van der Waals surface area contributed by atoms with E-state index in [1.54, 1.807) is 6.07 Å². The quantitative estimate of drug-likeness (QED) is 0.849. The number of hydrogen-bond donors (Lipinski definition) is 2. The van der Waals surface area contributed by atoms with E-state index in [9.17, 15) is 4.79 Å². The normalized spacial score (nSPS) is 18.4. The van der Waals surface area contributed by atoms with E-state index < -0.39 is 0 Å². The lowest BCUT2D eigenvalue weighted by Gasteiger charge is -2.14. The van der Waals surface area contributed by atoms with Crippen LogP contribution < -0.4 is 11.5 Å². The van der Waals surface area contributed by atoms with Gasteiger partial charge in [0.05, 0.1) is 0 Å². The molecular weight excluding hydrogens is 224 g/mol. The van der Waals surface area contributed by atoms with Gasteiger partial charge in [-0.3, -0.25) is 4.79 Å². The van der Waals surface area contributed by atoms with Crippen LogP contribution in [0.25, 0.3) is 0 Å². The summed E-state index contributed by atoms with van der Waals surface area (Å²) >= 11 is 0. The van der Waals surface area contributed by atoms with Crippen LogP contribution in [0.2, 0.25) is 0 Å². The first kappa shape index (κ1) is 12.4. The van der Waals surface area contributed by atoms with Crippen LogP contribution in [-0.4, -0.2) is 5.91 Å². The molecule has 0 spiro atoms. The van der Waals surface area contributed by atoms with Gasteiger partial charge < -0.3 is 11.5 Å². The molecule has 1 aromatic carbocycles. The molecule has 1 atom stereocenters. The minimum atomic E-state index is -0.370. The van der Waals surface area contributed by atoms with Crippen molar-refractivity contribution < 1.29 is 4.79 Å². The fourth-order valence-corrected chi connectivity index (χ4v) is 2.13.